The number of hydrogen-bond donors (Lipinski definition) is 0. The highest BCUT2D eigenvalue weighted by molar-refractivity contribution is 5.92. The molecule has 0 heterocycles. The molecule has 1 atom stereocenters. The molecule has 2 rings (SSSR count). The predicted octanol–water partition coefficient (Wildman–Crippen LogP) is 5.45. The average molecular weight is 392 g/mol. The van der Waals surface area contributed by atoms with E-state index in [4.69, 9.17) is 9.47 Å². The van der Waals surface area contributed by atoms with Crippen molar-refractivity contribution in [2.75, 3.05) is 0 Å². The van der Waals surface area contributed by atoms with Gasteiger partial charge in [-0.2, -0.15) is 0 Å². The molecule has 29 heavy (non-hydrogen) atoms. The fraction of sp³-hybridized carbons (Fsp3) is 0.280. The maximum Gasteiger partial charge on any atom is 0.331 e. The molecule has 4 nitrogen and oxygen atoms in total. The summed E-state index contributed by atoms with van der Waals surface area (Å²) in [5.41, 5.74) is 2.34. The summed E-state index contributed by atoms with van der Waals surface area (Å²) in [4.78, 5) is 24.1. The molecule has 0 aliphatic heterocycles. The zero-order valence-corrected chi connectivity index (χ0v) is 17.4. The monoisotopic (exact) mass is 392 g/mol. The first kappa shape index (κ1) is 22.2. The van der Waals surface area contributed by atoms with Gasteiger partial charge in [0, 0.05) is 6.08 Å². The van der Waals surface area contributed by atoms with Gasteiger partial charge >= 0.3 is 11.9 Å². The van der Waals surface area contributed by atoms with Crippen molar-refractivity contribution in [3.05, 3.63) is 83.9 Å². The standard InChI is InChI=1S/C25H28O4/c1-19(17-24(27)29-25(2,3)4)28-23(26)16-15-22(21-13-9-6-10-14-21)18-20-11-7-5-8-12-20/h5-16,18-19H,17H2,1-4H3/b16-15+,22-18-/t19-/m1/s1. The predicted molar refractivity (Wildman–Crippen MR) is 116 cm³/mol. The summed E-state index contributed by atoms with van der Waals surface area (Å²) in [5, 5.41) is 0. The minimum Gasteiger partial charge on any atom is -0.460 e. The molecule has 0 saturated carbocycles. The lowest BCUT2D eigenvalue weighted by atomic mass is 10.0. The quantitative estimate of drug-likeness (QED) is 0.272. The zero-order chi connectivity index (χ0) is 21.3. The van der Waals surface area contributed by atoms with E-state index in [9.17, 15) is 9.59 Å². The molecule has 0 saturated heterocycles. The van der Waals surface area contributed by atoms with Crippen LogP contribution in [0.5, 0.6) is 0 Å². The number of benzene rings is 2. The van der Waals surface area contributed by atoms with E-state index in [1.165, 1.54) is 6.08 Å². The van der Waals surface area contributed by atoms with Gasteiger partial charge in [-0.25, -0.2) is 4.79 Å². The molecule has 0 bridgehead atoms. The Morgan fingerprint density at radius 3 is 2.10 bits per heavy atom. The minimum absolute atomic E-state index is 0.0161. The Balaban J connectivity index is 2.06. The summed E-state index contributed by atoms with van der Waals surface area (Å²) in [7, 11) is 0. The van der Waals surface area contributed by atoms with Crippen molar-refractivity contribution in [2.45, 2.75) is 45.8 Å². The second kappa shape index (κ2) is 10.4. The van der Waals surface area contributed by atoms with E-state index in [0.29, 0.717) is 0 Å². The van der Waals surface area contributed by atoms with Gasteiger partial charge in [0.15, 0.2) is 0 Å². The van der Waals surface area contributed by atoms with E-state index in [-0.39, 0.29) is 6.42 Å². The molecular formula is C25H28O4. The minimum atomic E-state index is -0.569. The van der Waals surface area contributed by atoms with Gasteiger partial charge in [-0.15, -0.1) is 0 Å². The van der Waals surface area contributed by atoms with Gasteiger partial charge in [-0.3, -0.25) is 4.79 Å². The van der Waals surface area contributed by atoms with Crippen molar-refractivity contribution in [3.8, 4) is 0 Å². The average Bonchev–Trinajstić information content (AvgIpc) is 2.64. The van der Waals surface area contributed by atoms with Crippen LogP contribution < -0.4 is 0 Å². The first-order chi connectivity index (χ1) is 13.7. The number of hydrogen-bond acceptors (Lipinski definition) is 4. The van der Waals surface area contributed by atoms with Crippen molar-refractivity contribution in [1.82, 2.24) is 0 Å². The van der Waals surface area contributed by atoms with E-state index in [1.807, 2.05) is 66.7 Å². The second-order valence-corrected chi connectivity index (χ2v) is 7.75. The number of carbonyl (C=O) groups is 2. The van der Waals surface area contributed by atoms with E-state index < -0.39 is 23.6 Å². The fourth-order valence-electron chi connectivity index (χ4n) is 2.64. The second-order valence-electron chi connectivity index (χ2n) is 7.75. The van der Waals surface area contributed by atoms with Crippen molar-refractivity contribution < 1.29 is 19.1 Å². The first-order valence-corrected chi connectivity index (χ1v) is 9.65. The van der Waals surface area contributed by atoms with Gasteiger partial charge < -0.3 is 9.47 Å². The van der Waals surface area contributed by atoms with E-state index >= 15 is 0 Å². The molecule has 0 unspecified atom stereocenters. The molecule has 2 aromatic rings. The van der Waals surface area contributed by atoms with Gasteiger partial charge in [0.2, 0.25) is 0 Å². The lowest BCUT2D eigenvalue weighted by Gasteiger charge is -2.20. The van der Waals surface area contributed by atoms with Crippen LogP contribution >= 0.6 is 0 Å². The van der Waals surface area contributed by atoms with Crippen LogP contribution in [-0.4, -0.2) is 23.6 Å². The Kier molecular flexibility index (Phi) is 7.96. The molecule has 2 aromatic carbocycles. The molecule has 0 spiro atoms. The lowest BCUT2D eigenvalue weighted by Crippen LogP contribution is -2.27. The molecule has 0 fully saturated rings. The van der Waals surface area contributed by atoms with E-state index in [1.54, 1.807) is 33.8 Å². The zero-order valence-electron chi connectivity index (χ0n) is 17.4. The van der Waals surface area contributed by atoms with E-state index in [0.717, 1.165) is 16.7 Å². The largest absolute Gasteiger partial charge is 0.460 e. The maximum absolute atomic E-state index is 12.2. The highest BCUT2D eigenvalue weighted by Gasteiger charge is 2.19. The number of rotatable bonds is 7. The van der Waals surface area contributed by atoms with Gasteiger partial charge in [0.05, 0.1) is 6.42 Å². The van der Waals surface area contributed by atoms with Crippen LogP contribution in [0.2, 0.25) is 0 Å². The molecule has 0 N–H and O–H groups in total. The SMILES string of the molecule is C[C@H](CC(=O)OC(C)(C)C)OC(=O)/C=C/C(=C/c1ccccc1)c1ccccc1. The molecule has 0 aromatic heterocycles. The highest BCUT2D eigenvalue weighted by atomic mass is 16.6. The Bertz CT molecular complexity index is 859. The summed E-state index contributed by atoms with van der Waals surface area (Å²) in [6.45, 7) is 7.07. The van der Waals surface area contributed by atoms with Gasteiger partial charge in [-0.05, 0) is 56.5 Å². The van der Waals surface area contributed by atoms with Crippen molar-refractivity contribution in [3.63, 3.8) is 0 Å². The Hall–Kier alpha value is -3.14. The van der Waals surface area contributed by atoms with Crippen LogP contribution in [0.3, 0.4) is 0 Å². The third-order valence-corrected chi connectivity index (χ3v) is 3.82. The number of allylic oxidation sites excluding steroid dienone is 2. The summed E-state index contributed by atoms with van der Waals surface area (Å²) in [6.07, 6.45) is 4.56. The highest BCUT2D eigenvalue weighted by Crippen LogP contribution is 2.20. The molecule has 0 aliphatic rings. The fourth-order valence-corrected chi connectivity index (χ4v) is 2.64. The summed E-state index contributed by atoms with van der Waals surface area (Å²) >= 11 is 0. The maximum atomic E-state index is 12.2. The van der Waals surface area contributed by atoms with Crippen LogP contribution in [-0.2, 0) is 19.1 Å². The lowest BCUT2D eigenvalue weighted by molar-refractivity contribution is -0.159. The normalized spacial score (nSPS) is 13.2. The van der Waals surface area contributed by atoms with Crippen LogP contribution in [0.4, 0.5) is 0 Å². The number of esters is 2. The summed E-state index contributed by atoms with van der Waals surface area (Å²) in [5.74, 6) is -0.897. The topological polar surface area (TPSA) is 52.6 Å². The molecule has 0 aliphatic carbocycles. The van der Waals surface area contributed by atoms with Crippen LogP contribution in [0.1, 0.15) is 45.2 Å². The molecule has 152 valence electrons. The smallest absolute Gasteiger partial charge is 0.331 e. The number of carbonyl (C=O) groups excluding carboxylic acids is 2. The van der Waals surface area contributed by atoms with Gasteiger partial charge in [-0.1, -0.05) is 60.7 Å². The van der Waals surface area contributed by atoms with Crippen LogP contribution in [0.15, 0.2) is 72.8 Å². The third kappa shape index (κ3) is 8.60. The first-order valence-electron chi connectivity index (χ1n) is 9.65. The molecule has 0 amide bonds. The van der Waals surface area contributed by atoms with Gasteiger partial charge in [0.25, 0.3) is 0 Å². The summed E-state index contributed by atoms with van der Waals surface area (Å²) < 4.78 is 10.6. The van der Waals surface area contributed by atoms with E-state index in [2.05, 4.69) is 0 Å². The Morgan fingerprint density at radius 2 is 1.52 bits per heavy atom. The molecule has 4 heteroatoms. The summed E-state index contributed by atoms with van der Waals surface area (Å²) in [6, 6.07) is 19.7. The van der Waals surface area contributed by atoms with Crippen molar-refractivity contribution in [1.29, 1.82) is 0 Å². The van der Waals surface area contributed by atoms with Crippen molar-refractivity contribution in [2.24, 2.45) is 0 Å². The third-order valence-electron chi connectivity index (χ3n) is 3.82. The molecule has 0 radical (unpaired) electrons. The van der Waals surface area contributed by atoms with Crippen LogP contribution in [0, 0.1) is 0 Å². The number of ether oxygens (including phenoxy) is 2. The van der Waals surface area contributed by atoms with Crippen molar-refractivity contribution >= 4 is 23.6 Å². The van der Waals surface area contributed by atoms with Crippen LogP contribution in [0.25, 0.3) is 11.6 Å². The Labute approximate surface area is 172 Å². The Morgan fingerprint density at radius 1 is 0.931 bits per heavy atom. The molecular weight excluding hydrogens is 364 g/mol. The van der Waals surface area contributed by atoms with Gasteiger partial charge in [0.1, 0.15) is 11.7 Å².